The SMILES string of the molecule is Cc1cc(C)c(-c2cn[nH]c(=S)c2)c(C)c1. The number of benzene rings is 1. The molecule has 0 aliphatic rings. The van der Waals surface area contributed by atoms with E-state index in [9.17, 15) is 0 Å². The van der Waals surface area contributed by atoms with Crippen molar-refractivity contribution in [2.45, 2.75) is 20.8 Å². The first-order chi connectivity index (χ1) is 7.58. The average molecular weight is 230 g/mol. The predicted molar refractivity (Wildman–Crippen MR) is 69.1 cm³/mol. The normalized spacial score (nSPS) is 10.4. The van der Waals surface area contributed by atoms with Crippen molar-refractivity contribution in [2.24, 2.45) is 0 Å². The van der Waals surface area contributed by atoms with Crippen molar-refractivity contribution in [3.05, 3.63) is 45.7 Å². The zero-order valence-electron chi connectivity index (χ0n) is 9.66. The average Bonchev–Trinajstić information content (AvgIpc) is 2.15. The van der Waals surface area contributed by atoms with Crippen LogP contribution in [0.5, 0.6) is 0 Å². The van der Waals surface area contributed by atoms with Gasteiger partial charge in [0, 0.05) is 5.56 Å². The molecule has 2 rings (SSSR count). The Bertz CT molecular complexity index is 561. The maximum Gasteiger partial charge on any atom is 0.120 e. The summed E-state index contributed by atoms with van der Waals surface area (Å²) >= 11 is 5.09. The molecule has 0 atom stereocenters. The number of H-pyrrole nitrogens is 1. The van der Waals surface area contributed by atoms with Gasteiger partial charge in [-0.3, -0.25) is 5.10 Å². The highest BCUT2D eigenvalue weighted by atomic mass is 32.1. The van der Waals surface area contributed by atoms with Crippen molar-refractivity contribution in [3.8, 4) is 11.1 Å². The van der Waals surface area contributed by atoms with E-state index in [2.05, 4.69) is 43.1 Å². The monoisotopic (exact) mass is 230 g/mol. The minimum atomic E-state index is 0.664. The third kappa shape index (κ3) is 2.04. The van der Waals surface area contributed by atoms with E-state index in [1.807, 2.05) is 12.3 Å². The third-order valence-corrected chi connectivity index (χ3v) is 2.84. The lowest BCUT2D eigenvalue weighted by atomic mass is 9.95. The van der Waals surface area contributed by atoms with Gasteiger partial charge in [-0.1, -0.05) is 29.9 Å². The van der Waals surface area contributed by atoms with Crippen LogP contribution in [-0.4, -0.2) is 10.2 Å². The van der Waals surface area contributed by atoms with Gasteiger partial charge in [0.1, 0.15) is 4.64 Å². The molecular formula is C13H14N2S. The lowest BCUT2D eigenvalue weighted by Crippen LogP contribution is -1.92. The van der Waals surface area contributed by atoms with Gasteiger partial charge < -0.3 is 0 Å². The van der Waals surface area contributed by atoms with Crippen LogP contribution in [0.2, 0.25) is 0 Å². The molecule has 2 aromatic rings. The molecule has 1 aromatic carbocycles. The Labute approximate surface area is 100 Å². The first kappa shape index (κ1) is 11.0. The zero-order valence-corrected chi connectivity index (χ0v) is 10.5. The number of aromatic amines is 1. The van der Waals surface area contributed by atoms with Gasteiger partial charge in [-0.25, -0.2) is 0 Å². The van der Waals surface area contributed by atoms with Crippen LogP contribution < -0.4 is 0 Å². The van der Waals surface area contributed by atoms with Gasteiger partial charge in [0.05, 0.1) is 6.20 Å². The third-order valence-electron chi connectivity index (χ3n) is 2.63. The quantitative estimate of drug-likeness (QED) is 0.756. The molecule has 0 radical (unpaired) electrons. The van der Waals surface area contributed by atoms with Crippen molar-refractivity contribution in [2.75, 3.05) is 0 Å². The predicted octanol–water partition coefficient (Wildman–Crippen LogP) is 3.73. The van der Waals surface area contributed by atoms with E-state index in [0.717, 1.165) is 5.56 Å². The lowest BCUT2D eigenvalue weighted by molar-refractivity contribution is 1.02. The molecule has 0 saturated carbocycles. The molecule has 16 heavy (non-hydrogen) atoms. The Hall–Kier alpha value is -1.48. The van der Waals surface area contributed by atoms with E-state index in [4.69, 9.17) is 12.2 Å². The van der Waals surface area contributed by atoms with Crippen LogP contribution in [-0.2, 0) is 0 Å². The summed E-state index contributed by atoms with van der Waals surface area (Å²) in [4.78, 5) is 0. The Morgan fingerprint density at radius 1 is 1.06 bits per heavy atom. The van der Waals surface area contributed by atoms with E-state index < -0.39 is 0 Å². The van der Waals surface area contributed by atoms with Gasteiger partial charge >= 0.3 is 0 Å². The minimum Gasteiger partial charge on any atom is -0.268 e. The molecule has 1 heterocycles. The van der Waals surface area contributed by atoms with Crippen LogP contribution in [0.3, 0.4) is 0 Å². The summed E-state index contributed by atoms with van der Waals surface area (Å²) < 4.78 is 0.664. The molecule has 3 heteroatoms. The van der Waals surface area contributed by atoms with Crippen molar-refractivity contribution < 1.29 is 0 Å². The molecule has 1 aromatic heterocycles. The minimum absolute atomic E-state index is 0.664. The van der Waals surface area contributed by atoms with Gasteiger partial charge in [-0.2, -0.15) is 5.10 Å². The lowest BCUT2D eigenvalue weighted by Gasteiger charge is -2.10. The standard InChI is InChI=1S/C13H14N2S/c1-8-4-9(2)13(10(3)5-8)11-6-12(16)15-14-7-11/h4-7H,1-3H3,(H,15,16). The van der Waals surface area contributed by atoms with E-state index in [-0.39, 0.29) is 0 Å². The highest BCUT2D eigenvalue weighted by Gasteiger charge is 2.06. The fourth-order valence-electron chi connectivity index (χ4n) is 2.15. The Morgan fingerprint density at radius 2 is 1.69 bits per heavy atom. The smallest absolute Gasteiger partial charge is 0.120 e. The van der Waals surface area contributed by atoms with E-state index in [0.29, 0.717) is 4.64 Å². The topological polar surface area (TPSA) is 28.7 Å². The summed E-state index contributed by atoms with van der Waals surface area (Å²) in [5, 5.41) is 6.79. The van der Waals surface area contributed by atoms with Crippen LogP contribution >= 0.6 is 12.2 Å². The van der Waals surface area contributed by atoms with Crippen molar-refractivity contribution in [3.63, 3.8) is 0 Å². The summed E-state index contributed by atoms with van der Waals surface area (Å²) in [5.74, 6) is 0. The van der Waals surface area contributed by atoms with Crippen LogP contribution in [0.25, 0.3) is 11.1 Å². The van der Waals surface area contributed by atoms with Crippen molar-refractivity contribution in [1.29, 1.82) is 0 Å². The molecule has 0 amide bonds. The number of aryl methyl sites for hydroxylation is 3. The maximum atomic E-state index is 5.09. The fraction of sp³-hybridized carbons (Fsp3) is 0.231. The molecule has 82 valence electrons. The second kappa shape index (κ2) is 4.18. The summed E-state index contributed by atoms with van der Waals surface area (Å²) in [7, 11) is 0. The first-order valence-corrected chi connectivity index (χ1v) is 5.61. The number of nitrogens with zero attached hydrogens (tertiary/aromatic N) is 1. The maximum absolute atomic E-state index is 5.09. The van der Waals surface area contributed by atoms with Gasteiger partial charge in [0.15, 0.2) is 0 Å². The molecule has 0 fully saturated rings. The van der Waals surface area contributed by atoms with Crippen LogP contribution in [0, 0.1) is 25.4 Å². The van der Waals surface area contributed by atoms with E-state index in [1.165, 1.54) is 22.3 Å². The fourth-order valence-corrected chi connectivity index (χ4v) is 2.33. The number of hydrogen-bond acceptors (Lipinski definition) is 2. The summed E-state index contributed by atoms with van der Waals surface area (Å²) in [5.41, 5.74) is 6.13. The van der Waals surface area contributed by atoms with E-state index in [1.54, 1.807) is 0 Å². The highest BCUT2D eigenvalue weighted by molar-refractivity contribution is 7.71. The van der Waals surface area contributed by atoms with Crippen LogP contribution in [0.4, 0.5) is 0 Å². The Kier molecular flexibility index (Phi) is 2.88. The van der Waals surface area contributed by atoms with Gasteiger partial charge in [0.25, 0.3) is 0 Å². The van der Waals surface area contributed by atoms with E-state index >= 15 is 0 Å². The first-order valence-electron chi connectivity index (χ1n) is 5.21. The Morgan fingerprint density at radius 3 is 2.25 bits per heavy atom. The molecule has 0 spiro atoms. The van der Waals surface area contributed by atoms with Gasteiger partial charge in [0.2, 0.25) is 0 Å². The summed E-state index contributed by atoms with van der Waals surface area (Å²) in [6, 6.07) is 6.32. The largest absolute Gasteiger partial charge is 0.268 e. The van der Waals surface area contributed by atoms with Crippen LogP contribution in [0.15, 0.2) is 24.4 Å². The second-order valence-corrected chi connectivity index (χ2v) is 4.55. The number of rotatable bonds is 1. The number of nitrogens with one attached hydrogen (secondary N) is 1. The Balaban J connectivity index is 2.69. The highest BCUT2D eigenvalue weighted by Crippen LogP contribution is 2.27. The molecule has 0 aliphatic heterocycles. The van der Waals surface area contributed by atoms with Crippen molar-refractivity contribution in [1.82, 2.24) is 10.2 Å². The molecule has 0 aliphatic carbocycles. The molecule has 0 bridgehead atoms. The van der Waals surface area contributed by atoms with Gasteiger partial charge in [-0.05, 0) is 43.5 Å². The molecule has 2 nitrogen and oxygen atoms in total. The van der Waals surface area contributed by atoms with Crippen molar-refractivity contribution >= 4 is 12.2 Å². The number of aromatic nitrogens is 2. The molecule has 1 N–H and O–H groups in total. The molecule has 0 unspecified atom stereocenters. The van der Waals surface area contributed by atoms with Gasteiger partial charge in [-0.15, -0.1) is 0 Å². The summed E-state index contributed by atoms with van der Waals surface area (Å²) in [6.07, 6.45) is 1.82. The second-order valence-electron chi connectivity index (χ2n) is 4.11. The van der Waals surface area contributed by atoms with Crippen LogP contribution in [0.1, 0.15) is 16.7 Å². The number of hydrogen-bond donors (Lipinski definition) is 1. The molecular weight excluding hydrogens is 216 g/mol. The zero-order chi connectivity index (χ0) is 11.7. The molecule has 0 saturated heterocycles. The summed E-state index contributed by atoms with van der Waals surface area (Å²) in [6.45, 7) is 6.35.